The molecule has 3 aromatic rings. The van der Waals surface area contributed by atoms with E-state index in [-0.39, 0.29) is 10.6 Å². The zero-order valence-electron chi connectivity index (χ0n) is 17.8. The van der Waals surface area contributed by atoms with Crippen LogP contribution in [0.4, 0.5) is 17.1 Å². The third kappa shape index (κ3) is 6.25. The van der Waals surface area contributed by atoms with Crippen molar-refractivity contribution in [3.63, 3.8) is 0 Å². The molecule has 0 aromatic heterocycles. The van der Waals surface area contributed by atoms with Crippen molar-refractivity contribution in [1.82, 2.24) is 0 Å². The summed E-state index contributed by atoms with van der Waals surface area (Å²) in [5, 5.41) is 3.05. The summed E-state index contributed by atoms with van der Waals surface area (Å²) in [5.74, 6) is -0.589. The van der Waals surface area contributed by atoms with Gasteiger partial charge in [-0.1, -0.05) is 29.8 Å². The number of amides is 1. The topological polar surface area (TPSA) is 113 Å². The maximum atomic E-state index is 12.8. The van der Waals surface area contributed by atoms with Crippen LogP contribution in [0.3, 0.4) is 0 Å². The molecule has 0 aliphatic heterocycles. The summed E-state index contributed by atoms with van der Waals surface area (Å²) in [5.41, 5.74) is 1.03. The van der Waals surface area contributed by atoms with E-state index in [1.54, 1.807) is 30.3 Å². The quantitative estimate of drug-likeness (QED) is 0.479. The minimum Gasteiger partial charge on any atom is -0.324 e. The number of nitrogens with zero attached hydrogens (tertiary/aromatic N) is 1. The van der Waals surface area contributed by atoms with Crippen molar-refractivity contribution in [2.45, 2.75) is 17.9 Å². The van der Waals surface area contributed by atoms with Crippen molar-refractivity contribution in [1.29, 1.82) is 0 Å². The highest BCUT2D eigenvalue weighted by atomic mass is 35.5. The van der Waals surface area contributed by atoms with Crippen molar-refractivity contribution < 1.29 is 21.6 Å². The number of nitrogens with one attached hydrogen (secondary N) is 2. The molecule has 0 aliphatic carbocycles. The molecule has 174 valence electrons. The summed E-state index contributed by atoms with van der Waals surface area (Å²) in [7, 11) is -7.59. The fourth-order valence-corrected chi connectivity index (χ4v) is 5.44. The van der Waals surface area contributed by atoms with Gasteiger partial charge in [0.1, 0.15) is 6.04 Å². The van der Waals surface area contributed by atoms with Crippen LogP contribution in [0.15, 0.2) is 83.8 Å². The van der Waals surface area contributed by atoms with Gasteiger partial charge in [-0.15, -0.1) is 0 Å². The Balaban J connectivity index is 1.76. The average molecular weight is 508 g/mol. The van der Waals surface area contributed by atoms with Crippen LogP contribution in [0.2, 0.25) is 5.02 Å². The lowest BCUT2D eigenvalue weighted by atomic mass is 10.2. The molecule has 0 saturated carbocycles. The Labute approximate surface area is 198 Å². The number of anilines is 3. The van der Waals surface area contributed by atoms with Crippen LogP contribution in [-0.2, 0) is 24.8 Å². The van der Waals surface area contributed by atoms with E-state index < -0.39 is 32.0 Å². The lowest BCUT2D eigenvalue weighted by Crippen LogP contribution is -2.45. The zero-order chi connectivity index (χ0) is 24.2. The van der Waals surface area contributed by atoms with Gasteiger partial charge in [-0.2, -0.15) is 0 Å². The number of para-hydroxylation sites is 1. The van der Waals surface area contributed by atoms with Gasteiger partial charge in [0.2, 0.25) is 15.9 Å². The van der Waals surface area contributed by atoms with E-state index in [0.717, 1.165) is 10.6 Å². The Morgan fingerprint density at radius 3 is 1.97 bits per heavy atom. The van der Waals surface area contributed by atoms with Gasteiger partial charge in [-0.3, -0.25) is 13.8 Å². The van der Waals surface area contributed by atoms with Gasteiger partial charge in [0.25, 0.3) is 10.0 Å². The number of carbonyl (C=O) groups is 1. The molecule has 3 rings (SSSR count). The van der Waals surface area contributed by atoms with Crippen LogP contribution in [0.5, 0.6) is 0 Å². The number of hydrogen-bond acceptors (Lipinski definition) is 5. The Bertz CT molecular complexity index is 1330. The summed E-state index contributed by atoms with van der Waals surface area (Å²) in [4.78, 5) is 12.8. The standard InChI is InChI=1S/C22H22ClN3O5S2/c1-16(26(32(2,28)29)20-12-8-17(23)9-13-20)22(27)24-18-10-14-21(15-11-18)33(30,31)25-19-6-4-3-5-7-19/h3-16,25H,1-2H3,(H,24,27)/t16-/m0/s1. The highest BCUT2D eigenvalue weighted by molar-refractivity contribution is 7.92. The Morgan fingerprint density at radius 2 is 1.42 bits per heavy atom. The van der Waals surface area contributed by atoms with Crippen molar-refractivity contribution in [3.8, 4) is 0 Å². The first-order valence-corrected chi connectivity index (χ1v) is 13.4. The fraction of sp³-hybridized carbons (Fsp3) is 0.136. The predicted octanol–water partition coefficient (Wildman–Crippen LogP) is 3.93. The monoisotopic (exact) mass is 507 g/mol. The minimum absolute atomic E-state index is 0.0105. The molecule has 0 bridgehead atoms. The molecule has 8 nitrogen and oxygen atoms in total. The summed E-state index contributed by atoms with van der Waals surface area (Å²) in [6, 6.07) is 19.0. The van der Waals surface area contributed by atoms with Gasteiger partial charge in [0, 0.05) is 16.4 Å². The second kappa shape index (κ2) is 9.82. The molecule has 2 N–H and O–H groups in total. The van der Waals surface area contributed by atoms with Crippen molar-refractivity contribution in [2.24, 2.45) is 0 Å². The van der Waals surface area contributed by atoms with E-state index in [1.165, 1.54) is 55.5 Å². The Kier molecular flexibility index (Phi) is 7.31. The van der Waals surface area contributed by atoms with E-state index in [9.17, 15) is 21.6 Å². The molecule has 0 spiro atoms. The van der Waals surface area contributed by atoms with Gasteiger partial charge in [-0.25, -0.2) is 16.8 Å². The second-order valence-corrected chi connectivity index (χ2v) is 11.2. The SMILES string of the molecule is C[C@@H](C(=O)Nc1ccc(S(=O)(=O)Nc2ccccc2)cc1)N(c1ccc(Cl)cc1)S(C)(=O)=O. The maximum absolute atomic E-state index is 12.8. The summed E-state index contributed by atoms with van der Waals surface area (Å²) >= 11 is 5.88. The first-order chi connectivity index (χ1) is 15.5. The molecule has 0 radical (unpaired) electrons. The van der Waals surface area contributed by atoms with Crippen molar-refractivity contribution in [3.05, 3.63) is 83.9 Å². The summed E-state index contributed by atoms with van der Waals surface area (Å²) < 4.78 is 53.3. The molecule has 0 heterocycles. The molecular formula is C22H22ClN3O5S2. The van der Waals surface area contributed by atoms with E-state index in [0.29, 0.717) is 16.4 Å². The summed E-state index contributed by atoms with van der Waals surface area (Å²) in [6.45, 7) is 1.45. The fourth-order valence-electron chi connectivity index (χ4n) is 3.08. The number of hydrogen-bond donors (Lipinski definition) is 2. The smallest absolute Gasteiger partial charge is 0.261 e. The van der Waals surface area contributed by atoms with Gasteiger partial charge < -0.3 is 5.32 Å². The number of benzene rings is 3. The van der Waals surface area contributed by atoms with Gasteiger partial charge >= 0.3 is 0 Å². The average Bonchev–Trinajstić information content (AvgIpc) is 2.75. The van der Waals surface area contributed by atoms with Crippen LogP contribution in [0.25, 0.3) is 0 Å². The zero-order valence-corrected chi connectivity index (χ0v) is 20.2. The number of carbonyl (C=O) groups excluding carboxylic acids is 1. The van der Waals surface area contributed by atoms with Gasteiger partial charge in [-0.05, 0) is 67.6 Å². The van der Waals surface area contributed by atoms with Gasteiger partial charge in [0.05, 0.1) is 16.8 Å². The molecular weight excluding hydrogens is 486 g/mol. The molecule has 0 saturated heterocycles. The highest BCUT2D eigenvalue weighted by Crippen LogP contribution is 2.24. The Morgan fingerprint density at radius 1 is 0.848 bits per heavy atom. The normalized spacial score (nSPS) is 12.6. The number of rotatable bonds is 8. The van der Waals surface area contributed by atoms with Crippen LogP contribution >= 0.6 is 11.6 Å². The largest absolute Gasteiger partial charge is 0.324 e. The minimum atomic E-state index is -3.81. The van der Waals surface area contributed by atoms with Crippen molar-refractivity contribution in [2.75, 3.05) is 20.6 Å². The third-order valence-electron chi connectivity index (χ3n) is 4.63. The van der Waals surface area contributed by atoms with Crippen LogP contribution in [0.1, 0.15) is 6.92 Å². The molecule has 33 heavy (non-hydrogen) atoms. The number of sulfonamides is 2. The summed E-state index contributed by atoms with van der Waals surface area (Å²) in [6.07, 6.45) is 1.00. The highest BCUT2D eigenvalue weighted by Gasteiger charge is 2.29. The molecule has 11 heteroatoms. The molecule has 0 fully saturated rings. The maximum Gasteiger partial charge on any atom is 0.261 e. The molecule has 3 aromatic carbocycles. The first kappa shape index (κ1) is 24.6. The molecule has 1 amide bonds. The van der Waals surface area contributed by atoms with E-state index in [4.69, 9.17) is 11.6 Å². The van der Waals surface area contributed by atoms with Crippen LogP contribution in [0, 0.1) is 0 Å². The van der Waals surface area contributed by atoms with Gasteiger partial charge in [0.15, 0.2) is 0 Å². The van der Waals surface area contributed by atoms with Crippen LogP contribution < -0.4 is 14.3 Å². The molecule has 0 unspecified atom stereocenters. The lowest BCUT2D eigenvalue weighted by Gasteiger charge is -2.28. The third-order valence-corrected chi connectivity index (χ3v) is 7.52. The van der Waals surface area contributed by atoms with E-state index in [2.05, 4.69) is 10.0 Å². The first-order valence-electron chi connectivity index (χ1n) is 9.71. The van der Waals surface area contributed by atoms with Crippen molar-refractivity contribution >= 4 is 54.6 Å². The van der Waals surface area contributed by atoms with E-state index >= 15 is 0 Å². The molecule has 1 atom stereocenters. The Hall–Kier alpha value is -3.08. The lowest BCUT2D eigenvalue weighted by molar-refractivity contribution is -0.116. The van der Waals surface area contributed by atoms with Crippen LogP contribution in [-0.4, -0.2) is 35.0 Å². The number of halogens is 1. The second-order valence-electron chi connectivity index (χ2n) is 7.20. The predicted molar refractivity (Wildman–Crippen MR) is 131 cm³/mol. The van der Waals surface area contributed by atoms with E-state index in [1.807, 2.05) is 0 Å². The molecule has 0 aliphatic rings.